The summed E-state index contributed by atoms with van der Waals surface area (Å²) in [5.41, 5.74) is 2.76. The van der Waals surface area contributed by atoms with Crippen LogP contribution in [-0.4, -0.2) is 64.6 Å². The Morgan fingerprint density at radius 2 is 1.87 bits per heavy atom. The van der Waals surface area contributed by atoms with Gasteiger partial charge in [-0.1, -0.05) is 12.1 Å². The maximum absolute atomic E-state index is 12.1. The molecular weight excluding hydrogens is 396 g/mol. The van der Waals surface area contributed by atoms with Gasteiger partial charge in [0.1, 0.15) is 6.67 Å². The summed E-state index contributed by atoms with van der Waals surface area (Å²) < 4.78 is 8.46. The number of piperazine rings is 1. The van der Waals surface area contributed by atoms with Gasteiger partial charge in [-0.25, -0.2) is 4.79 Å². The maximum Gasteiger partial charge on any atom is 0.365 e. The smallest absolute Gasteiger partial charge is 0.336 e. The van der Waals surface area contributed by atoms with Gasteiger partial charge in [0, 0.05) is 56.7 Å². The second-order valence-corrected chi connectivity index (χ2v) is 7.63. The molecule has 4 rings (SSSR count). The van der Waals surface area contributed by atoms with Crippen molar-refractivity contribution in [3.63, 3.8) is 0 Å². The van der Waals surface area contributed by atoms with Crippen molar-refractivity contribution in [2.45, 2.75) is 13.6 Å². The van der Waals surface area contributed by atoms with Gasteiger partial charge in [0.05, 0.1) is 18.0 Å². The average molecular weight is 422 g/mol. The summed E-state index contributed by atoms with van der Waals surface area (Å²) in [7, 11) is 2.13. The molecule has 1 saturated heterocycles. The van der Waals surface area contributed by atoms with Crippen molar-refractivity contribution in [1.29, 1.82) is 0 Å². The van der Waals surface area contributed by atoms with Gasteiger partial charge in [0.2, 0.25) is 5.91 Å². The normalized spacial score (nSPS) is 15.0. The monoisotopic (exact) mass is 422 g/mol. The van der Waals surface area contributed by atoms with Crippen LogP contribution < -0.4 is 10.9 Å². The molecule has 0 radical (unpaired) electrons. The maximum atomic E-state index is 12.1. The predicted molar refractivity (Wildman–Crippen MR) is 118 cm³/mol. The fraction of sp³-hybridized carbons (Fsp3) is 0.318. The Balaban J connectivity index is 1.43. The molecule has 9 nitrogen and oxygen atoms in total. The summed E-state index contributed by atoms with van der Waals surface area (Å²) in [6, 6.07) is 9.66. The van der Waals surface area contributed by atoms with Crippen molar-refractivity contribution in [3.05, 3.63) is 64.9 Å². The van der Waals surface area contributed by atoms with Crippen LogP contribution in [0.5, 0.6) is 0 Å². The lowest BCUT2D eigenvalue weighted by atomic mass is 10.1. The molecule has 9 heteroatoms. The number of aromatic nitrogens is 2. The Labute approximate surface area is 180 Å². The van der Waals surface area contributed by atoms with Crippen LogP contribution >= 0.6 is 0 Å². The molecule has 3 heterocycles. The molecule has 31 heavy (non-hydrogen) atoms. The van der Waals surface area contributed by atoms with E-state index in [9.17, 15) is 9.59 Å². The van der Waals surface area contributed by atoms with E-state index in [0.717, 1.165) is 43.0 Å². The predicted octanol–water partition coefficient (Wildman–Crippen LogP) is 1.57. The number of nitrogens with zero attached hydrogens (tertiary/aromatic N) is 5. The lowest BCUT2D eigenvalue weighted by Gasteiger charge is -2.30. The number of carbonyl (C=O) groups excluding carboxylic acids is 1. The highest BCUT2D eigenvalue weighted by Crippen LogP contribution is 2.19. The number of benzene rings is 1. The van der Waals surface area contributed by atoms with Crippen molar-refractivity contribution in [1.82, 2.24) is 24.5 Å². The van der Waals surface area contributed by atoms with Gasteiger partial charge in [0.25, 0.3) is 0 Å². The van der Waals surface area contributed by atoms with E-state index < -0.39 is 5.63 Å². The summed E-state index contributed by atoms with van der Waals surface area (Å²) in [6.07, 6.45) is 7.49. The van der Waals surface area contributed by atoms with Crippen LogP contribution in [0.1, 0.15) is 12.5 Å². The van der Waals surface area contributed by atoms with Gasteiger partial charge in [0.15, 0.2) is 0 Å². The zero-order valence-corrected chi connectivity index (χ0v) is 17.7. The molecular formula is C22H26N6O3. The van der Waals surface area contributed by atoms with Crippen LogP contribution in [0.4, 0.5) is 0 Å². The van der Waals surface area contributed by atoms with E-state index in [1.807, 2.05) is 53.5 Å². The number of nitrogens with one attached hydrogen (secondary N) is 1. The van der Waals surface area contributed by atoms with Crippen LogP contribution in [0.15, 0.2) is 63.3 Å². The first-order valence-corrected chi connectivity index (χ1v) is 10.2. The zero-order chi connectivity index (χ0) is 21.8. The molecule has 1 N–H and O–H groups in total. The zero-order valence-electron chi connectivity index (χ0n) is 17.7. The number of amides is 1. The van der Waals surface area contributed by atoms with Crippen molar-refractivity contribution < 1.29 is 9.32 Å². The minimum atomic E-state index is -0.443. The van der Waals surface area contributed by atoms with E-state index in [1.165, 1.54) is 11.7 Å². The lowest BCUT2D eigenvalue weighted by Crippen LogP contribution is -2.41. The minimum absolute atomic E-state index is 0.116. The number of hydrogen-bond acceptors (Lipinski definition) is 6. The van der Waals surface area contributed by atoms with Crippen LogP contribution in [-0.2, 0) is 11.5 Å². The standard InChI is InChI=1S/C22H26N6O3/c1-17(29)23-16-28-15-21(22(30)31-28)19-3-5-20(6-4-19)26-8-7-18(14-26)13-24-27-11-9-25(2)10-12-27/h3-8,13-15H,9-12,16H2,1-2H3,(H,23,29)/b24-13-. The van der Waals surface area contributed by atoms with Gasteiger partial charge in [-0.2, -0.15) is 9.84 Å². The third-order valence-electron chi connectivity index (χ3n) is 5.22. The Kier molecular flexibility index (Phi) is 6.03. The highest BCUT2D eigenvalue weighted by molar-refractivity contribution is 5.79. The van der Waals surface area contributed by atoms with Gasteiger partial charge >= 0.3 is 5.63 Å². The van der Waals surface area contributed by atoms with E-state index in [0.29, 0.717) is 5.56 Å². The average Bonchev–Trinajstić information content (AvgIpc) is 3.39. The molecule has 1 amide bonds. The summed E-state index contributed by atoms with van der Waals surface area (Å²) in [6.45, 7) is 5.46. The SMILES string of the molecule is CC(=O)NCn1cc(-c2ccc(-n3ccc(/C=N\N4CCN(C)CC4)c3)cc2)c(=O)o1. The third-order valence-corrected chi connectivity index (χ3v) is 5.22. The molecule has 1 aromatic carbocycles. The number of hydrogen-bond donors (Lipinski definition) is 1. The van der Waals surface area contributed by atoms with Crippen molar-refractivity contribution in [2.24, 2.45) is 5.10 Å². The Morgan fingerprint density at radius 1 is 1.13 bits per heavy atom. The fourth-order valence-electron chi connectivity index (χ4n) is 3.36. The molecule has 162 valence electrons. The summed E-state index contributed by atoms with van der Waals surface area (Å²) in [4.78, 5) is 25.5. The molecule has 0 saturated carbocycles. The Hall–Kier alpha value is -3.59. The van der Waals surface area contributed by atoms with Crippen molar-refractivity contribution >= 4 is 12.1 Å². The van der Waals surface area contributed by atoms with E-state index in [2.05, 4.69) is 27.4 Å². The fourth-order valence-corrected chi connectivity index (χ4v) is 3.36. The number of likely N-dealkylation sites (N-methyl/N-ethyl adjacent to an activating group) is 1. The molecule has 0 atom stereocenters. The first-order valence-electron chi connectivity index (χ1n) is 10.2. The van der Waals surface area contributed by atoms with Crippen LogP contribution in [0.3, 0.4) is 0 Å². The summed E-state index contributed by atoms with van der Waals surface area (Å²) in [5, 5.41) is 9.27. The molecule has 2 aromatic heterocycles. The Bertz CT molecular complexity index is 1120. The van der Waals surface area contributed by atoms with Gasteiger partial charge < -0.3 is 19.3 Å². The number of rotatable bonds is 6. The van der Waals surface area contributed by atoms with Crippen molar-refractivity contribution in [2.75, 3.05) is 33.2 Å². The summed E-state index contributed by atoms with van der Waals surface area (Å²) >= 11 is 0. The van der Waals surface area contributed by atoms with Crippen LogP contribution in [0, 0.1) is 0 Å². The first kappa shape index (κ1) is 20.7. The molecule has 3 aromatic rings. The summed E-state index contributed by atoms with van der Waals surface area (Å²) in [5.74, 6) is -0.193. The number of carbonyl (C=O) groups is 1. The van der Waals surface area contributed by atoms with E-state index in [4.69, 9.17) is 4.52 Å². The first-order chi connectivity index (χ1) is 15.0. The molecule has 0 bridgehead atoms. The second kappa shape index (κ2) is 9.05. The molecule has 0 spiro atoms. The topological polar surface area (TPSA) is 88.0 Å². The van der Waals surface area contributed by atoms with E-state index in [-0.39, 0.29) is 12.6 Å². The minimum Gasteiger partial charge on any atom is -0.336 e. The largest absolute Gasteiger partial charge is 0.365 e. The second-order valence-electron chi connectivity index (χ2n) is 7.63. The Morgan fingerprint density at radius 3 is 2.58 bits per heavy atom. The van der Waals surface area contributed by atoms with Crippen LogP contribution in [0.25, 0.3) is 16.8 Å². The van der Waals surface area contributed by atoms with Gasteiger partial charge in [-0.05, 0) is 30.8 Å². The quantitative estimate of drug-likeness (QED) is 0.610. The van der Waals surface area contributed by atoms with E-state index >= 15 is 0 Å². The highest BCUT2D eigenvalue weighted by atomic mass is 16.5. The van der Waals surface area contributed by atoms with Gasteiger partial charge in [-0.3, -0.25) is 9.80 Å². The molecule has 0 aliphatic carbocycles. The van der Waals surface area contributed by atoms with Gasteiger partial charge in [-0.15, -0.1) is 0 Å². The highest BCUT2D eigenvalue weighted by Gasteiger charge is 2.12. The lowest BCUT2D eigenvalue weighted by molar-refractivity contribution is -0.119. The third kappa shape index (κ3) is 5.13. The van der Waals surface area contributed by atoms with E-state index in [1.54, 1.807) is 6.20 Å². The molecule has 1 aliphatic heterocycles. The molecule has 1 fully saturated rings. The molecule has 0 unspecified atom stereocenters. The number of hydrazone groups is 1. The molecule has 1 aliphatic rings. The van der Waals surface area contributed by atoms with Crippen LogP contribution in [0.2, 0.25) is 0 Å². The van der Waals surface area contributed by atoms with Crippen molar-refractivity contribution in [3.8, 4) is 16.8 Å².